The van der Waals surface area contributed by atoms with E-state index in [9.17, 15) is 18.0 Å². The van der Waals surface area contributed by atoms with Crippen LogP contribution in [0.25, 0.3) is 11.0 Å². The van der Waals surface area contributed by atoms with Crippen LogP contribution in [0, 0.1) is 6.92 Å². The first-order valence-electron chi connectivity index (χ1n) is 8.63. The maximum Gasteiger partial charge on any atom is 0.433 e. The molecule has 2 N–H and O–H groups in total. The highest BCUT2D eigenvalue weighted by atomic mass is 35.5. The summed E-state index contributed by atoms with van der Waals surface area (Å²) in [6.07, 6.45) is -2.08. The SMILES string of the molecule is Cc1cnc(C(F)(F)F)cc1NC(=O)Nc1cnc2ccc(Cl)nc2c1C(C)C. The molecule has 0 spiro atoms. The van der Waals surface area contributed by atoms with Gasteiger partial charge in [-0.15, -0.1) is 0 Å². The molecule has 3 aromatic rings. The Kier molecular flexibility index (Phi) is 5.61. The quantitative estimate of drug-likeness (QED) is 0.524. The fourth-order valence-electron chi connectivity index (χ4n) is 2.83. The number of amides is 2. The predicted molar refractivity (Wildman–Crippen MR) is 105 cm³/mol. The largest absolute Gasteiger partial charge is 0.433 e. The Morgan fingerprint density at radius 1 is 1.10 bits per heavy atom. The van der Waals surface area contributed by atoms with Crippen molar-refractivity contribution in [1.29, 1.82) is 0 Å². The molecule has 0 bridgehead atoms. The van der Waals surface area contributed by atoms with E-state index in [0.717, 1.165) is 17.8 Å². The number of nitrogens with one attached hydrogen (secondary N) is 2. The van der Waals surface area contributed by atoms with Gasteiger partial charge in [-0.3, -0.25) is 9.97 Å². The number of hydrogen-bond donors (Lipinski definition) is 2. The maximum atomic E-state index is 12.9. The van der Waals surface area contributed by atoms with Crippen molar-refractivity contribution >= 4 is 40.0 Å². The van der Waals surface area contributed by atoms with Crippen LogP contribution in [-0.2, 0) is 6.18 Å². The molecular weight excluding hydrogens is 407 g/mol. The van der Waals surface area contributed by atoms with Gasteiger partial charge in [-0.05, 0) is 36.6 Å². The minimum Gasteiger partial charge on any atom is -0.307 e. The molecule has 0 saturated heterocycles. The second-order valence-electron chi connectivity index (χ2n) is 6.70. The van der Waals surface area contributed by atoms with E-state index < -0.39 is 17.9 Å². The van der Waals surface area contributed by atoms with E-state index in [2.05, 4.69) is 25.6 Å². The van der Waals surface area contributed by atoms with Crippen molar-refractivity contribution in [3.8, 4) is 0 Å². The molecule has 3 rings (SSSR count). The summed E-state index contributed by atoms with van der Waals surface area (Å²) in [5, 5.41) is 5.36. The molecule has 3 aromatic heterocycles. The molecular formula is C19H17ClF3N5O. The maximum absolute atomic E-state index is 12.9. The van der Waals surface area contributed by atoms with Crippen LogP contribution < -0.4 is 10.6 Å². The zero-order chi connectivity index (χ0) is 21.3. The molecule has 0 aliphatic rings. The normalized spacial score (nSPS) is 11.7. The third-order valence-corrected chi connectivity index (χ3v) is 4.40. The third-order valence-electron chi connectivity index (χ3n) is 4.19. The van der Waals surface area contributed by atoms with Crippen molar-refractivity contribution in [2.75, 3.05) is 10.6 Å². The minimum absolute atomic E-state index is 0.00541. The Labute approximate surface area is 169 Å². The number of halogens is 4. The standard InChI is InChI=1S/C19H17ClF3N5O/c1-9(2)16-13(8-24-11-4-5-15(20)28-17(11)16)27-18(29)26-12-6-14(19(21,22)23)25-7-10(12)3/h4-9H,1-3H3,(H2,25,26,27,29). The average Bonchev–Trinajstić information content (AvgIpc) is 2.61. The number of aryl methyl sites for hydroxylation is 1. The number of hydrogen-bond acceptors (Lipinski definition) is 4. The highest BCUT2D eigenvalue weighted by Crippen LogP contribution is 2.32. The van der Waals surface area contributed by atoms with Gasteiger partial charge in [-0.2, -0.15) is 13.2 Å². The monoisotopic (exact) mass is 423 g/mol. The molecule has 6 nitrogen and oxygen atoms in total. The summed E-state index contributed by atoms with van der Waals surface area (Å²) in [6, 6.07) is 3.42. The van der Waals surface area contributed by atoms with Gasteiger partial charge in [0.05, 0.1) is 22.9 Å². The van der Waals surface area contributed by atoms with E-state index in [4.69, 9.17) is 11.6 Å². The predicted octanol–water partition coefficient (Wildman–Crippen LogP) is 5.77. The number of carbonyl (C=O) groups excluding carboxylic acids is 1. The second-order valence-corrected chi connectivity index (χ2v) is 7.09. The van der Waals surface area contributed by atoms with Gasteiger partial charge < -0.3 is 10.6 Å². The summed E-state index contributed by atoms with van der Waals surface area (Å²) in [4.78, 5) is 24.4. The zero-order valence-electron chi connectivity index (χ0n) is 15.7. The van der Waals surface area contributed by atoms with E-state index in [0.29, 0.717) is 22.3 Å². The van der Waals surface area contributed by atoms with Gasteiger partial charge in [0.15, 0.2) is 0 Å². The molecule has 3 heterocycles. The molecule has 152 valence electrons. The average molecular weight is 424 g/mol. The smallest absolute Gasteiger partial charge is 0.307 e. The number of pyridine rings is 3. The van der Waals surface area contributed by atoms with Gasteiger partial charge in [-0.1, -0.05) is 25.4 Å². The number of anilines is 2. The van der Waals surface area contributed by atoms with E-state index >= 15 is 0 Å². The summed E-state index contributed by atoms with van der Waals surface area (Å²) >= 11 is 5.99. The number of aromatic nitrogens is 3. The molecule has 0 saturated carbocycles. The lowest BCUT2D eigenvalue weighted by atomic mass is 10.0. The van der Waals surface area contributed by atoms with Gasteiger partial charge in [0.1, 0.15) is 10.8 Å². The lowest BCUT2D eigenvalue weighted by Gasteiger charge is -2.17. The molecule has 0 aliphatic carbocycles. The molecule has 0 radical (unpaired) electrons. The van der Waals surface area contributed by atoms with Crippen LogP contribution in [0.5, 0.6) is 0 Å². The third kappa shape index (κ3) is 4.56. The molecule has 0 aromatic carbocycles. The first-order valence-corrected chi connectivity index (χ1v) is 9.01. The molecule has 29 heavy (non-hydrogen) atoms. The lowest BCUT2D eigenvalue weighted by Crippen LogP contribution is -2.22. The van der Waals surface area contributed by atoms with Crippen LogP contribution in [0.4, 0.5) is 29.3 Å². The molecule has 2 amide bonds. The fourth-order valence-corrected chi connectivity index (χ4v) is 2.98. The lowest BCUT2D eigenvalue weighted by molar-refractivity contribution is -0.141. The number of alkyl halides is 3. The van der Waals surface area contributed by atoms with Crippen molar-refractivity contribution in [2.24, 2.45) is 0 Å². The van der Waals surface area contributed by atoms with Crippen molar-refractivity contribution in [1.82, 2.24) is 15.0 Å². The van der Waals surface area contributed by atoms with Gasteiger partial charge in [0.25, 0.3) is 0 Å². The zero-order valence-corrected chi connectivity index (χ0v) is 16.5. The summed E-state index contributed by atoms with van der Waals surface area (Å²) in [6.45, 7) is 5.39. The highest BCUT2D eigenvalue weighted by Gasteiger charge is 2.33. The summed E-state index contributed by atoms with van der Waals surface area (Å²) in [7, 11) is 0. The van der Waals surface area contributed by atoms with Crippen LogP contribution in [0.2, 0.25) is 5.15 Å². The van der Waals surface area contributed by atoms with E-state index in [1.165, 1.54) is 6.20 Å². The van der Waals surface area contributed by atoms with Gasteiger partial charge in [-0.25, -0.2) is 9.78 Å². The number of carbonyl (C=O) groups is 1. The molecule has 10 heteroatoms. The first kappa shape index (κ1) is 20.8. The van der Waals surface area contributed by atoms with Gasteiger partial charge in [0.2, 0.25) is 0 Å². The van der Waals surface area contributed by atoms with E-state index in [1.54, 1.807) is 19.1 Å². The second kappa shape index (κ2) is 7.82. The summed E-state index contributed by atoms with van der Waals surface area (Å²) < 4.78 is 38.7. The van der Waals surface area contributed by atoms with Crippen molar-refractivity contribution in [3.63, 3.8) is 0 Å². The number of rotatable bonds is 3. The number of nitrogens with zero attached hydrogens (tertiary/aromatic N) is 3. The van der Waals surface area contributed by atoms with Crippen molar-refractivity contribution in [2.45, 2.75) is 32.9 Å². The van der Waals surface area contributed by atoms with Crippen LogP contribution in [-0.4, -0.2) is 21.0 Å². The minimum atomic E-state index is -4.61. The van der Waals surface area contributed by atoms with Gasteiger partial charge >= 0.3 is 12.2 Å². The van der Waals surface area contributed by atoms with Crippen LogP contribution in [0.1, 0.15) is 36.6 Å². The number of urea groups is 1. The Bertz CT molecular complexity index is 1090. The Morgan fingerprint density at radius 3 is 2.45 bits per heavy atom. The molecule has 0 aliphatic heterocycles. The van der Waals surface area contributed by atoms with Gasteiger partial charge in [0, 0.05) is 17.4 Å². The van der Waals surface area contributed by atoms with Crippen LogP contribution in [0.3, 0.4) is 0 Å². The Balaban J connectivity index is 1.92. The fraction of sp³-hybridized carbons (Fsp3) is 0.263. The Morgan fingerprint density at radius 2 is 1.79 bits per heavy atom. The van der Waals surface area contributed by atoms with Crippen LogP contribution >= 0.6 is 11.6 Å². The first-order chi connectivity index (χ1) is 13.6. The Hall–Kier alpha value is -2.94. The molecule has 0 atom stereocenters. The molecule has 0 unspecified atom stereocenters. The molecule has 0 fully saturated rings. The summed E-state index contributed by atoms with van der Waals surface area (Å²) in [5.74, 6) is -0.0266. The highest BCUT2D eigenvalue weighted by molar-refractivity contribution is 6.29. The number of fused-ring (bicyclic) bond motifs is 1. The van der Waals surface area contributed by atoms with Crippen LogP contribution in [0.15, 0.2) is 30.6 Å². The topological polar surface area (TPSA) is 79.8 Å². The van der Waals surface area contributed by atoms with E-state index in [1.807, 2.05) is 13.8 Å². The van der Waals surface area contributed by atoms with Crippen molar-refractivity contribution in [3.05, 3.63) is 52.6 Å². The van der Waals surface area contributed by atoms with E-state index in [-0.39, 0.29) is 16.8 Å². The summed E-state index contributed by atoms with van der Waals surface area (Å²) in [5.41, 5.74) is 1.58. The van der Waals surface area contributed by atoms with Crippen molar-refractivity contribution < 1.29 is 18.0 Å².